The molecule has 0 radical (unpaired) electrons. The fraction of sp³-hybridized carbons (Fsp3) is 0.500. The van der Waals surface area contributed by atoms with Crippen molar-refractivity contribution in [2.24, 2.45) is 28.6 Å². The quantitative estimate of drug-likeness (QED) is 0.374. The first-order chi connectivity index (χ1) is 19.2. The molecule has 5 rings (SSSR count). The van der Waals surface area contributed by atoms with Gasteiger partial charge in [0.2, 0.25) is 11.8 Å². The predicted molar refractivity (Wildman–Crippen MR) is 162 cm³/mol. The maximum absolute atomic E-state index is 14.3. The zero-order chi connectivity index (χ0) is 28.3. The van der Waals surface area contributed by atoms with Crippen LogP contribution in [0.5, 0.6) is 0 Å². The van der Waals surface area contributed by atoms with Crippen LogP contribution in [0.15, 0.2) is 84.0 Å². The number of amides is 2. The average Bonchev–Trinajstić information content (AvgIpc) is 2.96. The Morgan fingerprint density at radius 3 is 2.30 bits per heavy atom. The van der Waals surface area contributed by atoms with E-state index in [1.807, 2.05) is 60.7 Å². The Bertz CT molecular complexity index is 1260. The van der Waals surface area contributed by atoms with Gasteiger partial charge in [0.25, 0.3) is 0 Å². The van der Waals surface area contributed by atoms with Crippen molar-refractivity contribution in [1.29, 1.82) is 0 Å². The summed E-state index contributed by atoms with van der Waals surface area (Å²) < 4.78 is 0. The van der Waals surface area contributed by atoms with Crippen LogP contribution in [0.25, 0.3) is 0 Å². The second kappa shape index (κ2) is 11.8. The molecule has 0 spiro atoms. The van der Waals surface area contributed by atoms with Gasteiger partial charge in [-0.1, -0.05) is 113 Å². The highest BCUT2D eigenvalue weighted by molar-refractivity contribution is 5.90. The summed E-state index contributed by atoms with van der Waals surface area (Å²) in [4.78, 5) is 27.8. The molecule has 2 amide bonds. The Kier molecular flexibility index (Phi) is 8.35. The van der Waals surface area contributed by atoms with Gasteiger partial charge >= 0.3 is 0 Å². The highest BCUT2D eigenvalue weighted by Crippen LogP contribution is 2.62. The molecular weight excluding hydrogens is 492 g/mol. The molecule has 4 heteroatoms. The van der Waals surface area contributed by atoms with E-state index in [0.29, 0.717) is 24.8 Å². The Hall–Kier alpha value is -3.14. The first-order valence-electron chi connectivity index (χ1n) is 15.3. The number of carbonyl (C=O) groups is 2. The summed E-state index contributed by atoms with van der Waals surface area (Å²) in [6.07, 6.45) is 11.7. The number of fused-ring (bicyclic) bond motifs is 3. The fourth-order valence-electron chi connectivity index (χ4n) is 7.91. The summed E-state index contributed by atoms with van der Waals surface area (Å²) in [5.41, 5.74) is 4.74. The van der Waals surface area contributed by atoms with Crippen LogP contribution in [-0.2, 0) is 22.6 Å². The molecule has 1 saturated carbocycles. The molecule has 3 aliphatic rings. The van der Waals surface area contributed by atoms with Gasteiger partial charge in [0.1, 0.15) is 6.04 Å². The topological polar surface area (TPSA) is 58.2 Å². The Balaban J connectivity index is 1.37. The van der Waals surface area contributed by atoms with E-state index in [4.69, 9.17) is 0 Å². The van der Waals surface area contributed by atoms with E-state index >= 15 is 0 Å². The molecule has 0 aliphatic heterocycles. The second-order valence-corrected chi connectivity index (χ2v) is 13.2. The standard InChI is InChI=1S/C36H46N2O2/c1-25(2)28-16-18-30-29(23-28)17-19-32-35(30,3)20-11-21-36(32,4)34(40)38-31(22-26-12-7-5-8-13-26)33(39)37-24-27-14-9-6-10-15-27/h5-10,12-15,17,23,25,30-32H,11,16,18-22,24H2,1-4H3,(H,37,39)(H,38,40). The monoisotopic (exact) mass is 538 g/mol. The molecule has 0 saturated heterocycles. The maximum atomic E-state index is 14.3. The summed E-state index contributed by atoms with van der Waals surface area (Å²) in [7, 11) is 0. The van der Waals surface area contributed by atoms with Gasteiger partial charge < -0.3 is 10.6 Å². The van der Waals surface area contributed by atoms with Crippen molar-refractivity contribution in [2.75, 3.05) is 0 Å². The van der Waals surface area contributed by atoms with E-state index in [1.54, 1.807) is 5.57 Å². The van der Waals surface area contributed by atoms with E-state index in [2.05, 4.69) is 50.5 Å². The van der Waals surface area contributed by atoms with Crippen LogP contribution in [-0.4, -0.2) is 17.9 Å². The molecule has 5 unspecified atom stereocenters. The minimum absolute atomic E-state index is 0.0327. The number of rotatable bonds is 8. The minimum atomic E-state index is -0.621. The van der Waals surface area contributed by atoms with Crippen molar-refractivity contribution in [3.8, 4) is 0 Å². The minimum Gasteiger partial charge on any atom is -0.350 e. The zero-order valence-electron chi connectivity index (χ0n) is 24.7. The number of benzene rings is 2. The molecule has 212 valence electrons. The number of hydrogen-bond donors (Lipinski definition) is 2. The Morgan fingerprint density at radius 2 is 1.62 bits per heavy atom. The van der Waals surface area contributed by atoms with Crippen LogP contribution in [0.3, 0.4) is 0 Å². The van der Waals surface area contributed by atoms with Gasteiger partial charge in [-0.2, -0.15) is 0 Å². The van der Waals surface area contributed by atoms with Crippen molar-refractivity contribution in [3.63, 3.8) is 0 Å². The predicted octanol–water partition coefficient (Wildman–Crippen LogP) is 7.17. The van der Waals surface area contributed by atoms with Gasteiger partial charge in [0.05, 0.1) is 5.41 Å². The molecular formula is C36H46N2O2. The summed E-state index contributed by atoms with van der Waals surface area (Å²) in [5, 5.41) is 6.36. The van der Waals surface area contributed by atoms with Crippen molar-refractivity contribution in [1.82, 2.24) is 10.6 Å². The lowest BCUT2D eigenvalue weighted by Crippen LogP contribution is -2.58. The normalized spacial score (nSPS) is 28.4. The van der Waals surface area contributed by atoms with Crippen LogP contribution in [0.1, 0.15) is 77.3 Å². The van der Waals surface area contributed by atoms with Crippen molar-refractivity contribution >= 4 is 11.8 Å². The highest BCUT2D eigenvalue weighted by atomic mass is 16.2. The number of carbonyl (C=O) groups excluding carboxylic acids is 2. The smallest absolute Gasteiger partial charge is 0.243 e. The van der Waals surface area contributed by atoms with Gasteiger partial charge in [0, 0.05) is 13.0 Å². The van der Waals surface area contributed by atoms with Gasteiger partial charge in [-0.15, -0.1) is 0 Å². The van der Waals surface area contributed by atoms with E-state index in [0.717, 1.165) is 36.8 Å². The number of nitrogens with one attached hydrogen (secondary N) is 2. The molecule has 1 fully saturated rings. The molecule has 2 aromatic rings. The number of hydrogen-bond acceptors (Lipinski definition) is 2. The summed E-state index contributed by atoms with van der Waals surface area (Å²) in [6.45, 7) is 9.65. The Labute approximate surface area is 240 Å². The third kappa shape index (κ3) is 5.68. The molecule has 3 aliphatic carbocycles. The van der Waals surface area contributed by atoms with Crippen molar-refractivity contribution < 1.29 is 9.59 Å². The number of allylic oxidation sites excluding steroid dienone is 4. The van der Waals surface area contributed by atoms with Crippen LogP contribution in [0, 0.1) is 28.6 Å². The second-order valence-electron chi connectivity index (χ2n) is 13.2. The maximum Gasteiger partial charge on any atom is 0.243 e. The summed E-state index contributed by atoms with van der Waals surface area (Å²) in [6, 6.07) is 19.3. The molecule has 0 aromatic heterocycles. The lowest BCUT2D eigenvalue weighted by molar-refractivity contribution is -0.146. The van der Waals surface area contributed by atoms with E-state index in [-0.39, 0.29) is 23.1 Å². The van der Waals surface area contributed by atoms with Crippen molar-refractivity contribution in [3.05, 3.63) is 95.1 Å². The van der Waals surface area contributed by atoms with E-state index < -0.39 is 11.5 Å². The molecule has 4 nitrogen and oxygen atoms in total. The third-order valence-corrected chi connectivity index (χ3v) is 10.3. The van der Waals surface area contributed by atoms with Crippen LogP contribution in [0.2, 0.25) is 0 Å². The molecule has 0 heterocycles. The van der Waals surface area contributed by atoms with Gasteiger partial charge in [-0.05, 0) is 72.0 Å². The molecule has 2 aromatic carbocycles. The first kappa shape index (κ1) is 28.4. The SMILES string of the molecule is CC(C)C1=CC2=CCC3C(C)(C(=O)NC(Cc4ccccc4)C(=O)NCc4ccccc4)CCCC3(C)C2CC1. The van der Waals surface area contributed by atoms with Gasteiger partial charge in [-0.25, -0.2) is 0 Å². The summed E-state index contributed by atoms with van der Waals surface area (Å²) in [5.74, 6) is 1.26. The molecule has 0 bridgehead atoms. The lowest BCUT2D eigenvalue weighted by atomic mass is 9.46. The molecule has 2 N–H and O–H groups in total. The molecule has 40 heavy (non-hydrogen) atoms. The zero-order valence-corrected chi connectivity index (χ0v) is 24.7. The van der Waals surface area contributed by atoms with E-state index in [1.165, 1.54) is 18.4 Å². The molecule has 5 atom stereocenters. The first-order valence-corrected chi connectivity index (χ1v) is 15.3. The van der Waals surface area contributed by atoms with Crippen LogP contribution < -0.4 is 10.6 Å². The largest absolute Gasteiger partial charge is 0.350 e. The lowest BCUT2D eigenvalue weighted by Gasteiger charge is -2.57. The fourth-order valence-corrected chi connectivity index (χ4v) is 7.91. The van der Waals surface area contributed by atoms with Gasteiger partial charge in [-0.3, -0.25) is 9.59 Å². The third-order valence-electron chi connectivity index (χ3n) is 10.3. The van der Waals surface area contributed by atoms with Crippen LogP contribution in [0.4, 0.5) is 0 Å². The Morgan fingerprint density at radius 1 is 0.950 bits per heavy atom. The van der Waals surface area contributed by atoms with Gasteiger partial charge in [0.15, 0.2) is 0 Å². The van der Waals surface area contributed by atoms with Crippen LogP contribution >= 0.6 is 0 Å². The average molecular weight is 539 g/mol. The summed E-state index contributed by atoms with van der Waals surface area (Å²) >= 11 is 0. The highest BCUT2D eigenvalue weighted by Gasteiger charge is 2.57. The van der Waals surface area contributed by atoms with E-state index in [9.17, 15) is 9.59 Å². The van der Waals surface area contributed by atoms with Crippen molar-refractivity contribution in [2.45, 2.75) is 85.2 Å².